The molecule has 0 saturated carbocycles. The first-order valence-electron chi connectivity index (χ1n) is 5.97. The summed E-state index contributed by atoms with van der Waals surface area (Å²) in [6, 6.07) is 3.99. The van der Waals surface area contributed by atoms with Gasteiger partial charge in [-0.15, -0.1) is 0 Å². The second kappa shape index (κ2) is 5.37. The second-order valence-electron chi connectivity index (χ2n) is 4.63. The molecule has 16 heavy (non-hydrogen) atoms. The van der Waals surface area contributed by atoms with E-state index in [1.54, 1.807) is 6.20 Å². The number of piperidine rings is 1. The van der Waals surface area contributed by atoms with Gasteiger partial charge in [-0.3, -0.25) is 0 Å². The van der Waals surface area contributed by atoms with E-state index in [4.69, 9.17) is 5.73 Å². The van der Waals surface area contributed by atoms with E-state index in [-0.39, 0.29) is 0 Å². The summed E-state index contributed by atoms with van der Waals surface area (Å²) in [5, 5.41) is 8.15. The van der Waals surface area contributed by atoms with Gasteiger partial charge in [-0.2, -0.15) is 10.2 Å². The number of hydrogen-bond donors (Lipinski definition) is 1. The van der Waals surface area contributed by atoms with Crippen molar-refractivity contribution in [3.8, 4) is 0 Å². The third-order valence-corrected chi connectivity index (χ3v) is 3.56. The van der Waals surface area contributed by atoms with Crippen molar-refractivity contribution in [2.24, 2.45) is 11.7 Å². The van der Waals surface area contributed by atoms with E-state index in [2.05, 4.69) is 22.1 Å². The van der Waals surface area contributed by atoms with Gasteiger partial charge < -0.3 is 10.6 Å². The van der Waals surface area contributed by atoms with Gasteiger partial charge in [0.05, 0.1) is 5.69 Å². The summed E-state index contributed by atoms with van der Waals surface area (Å²) in [5.74, 6) is 1.04. The van der Waals surface area contributed by atoms with Gasteiger partial charge in [0.2, 0.25) is 0 Å². The fourth-order valence-electron chi connectivity index (χ4n) is 2.50. The van der Waals surface area contributed by atoms with Gasteiger partial charge in [-0.05, 0) is 51.0 Å². The Kier molecular flexibility index (Phi) is 3.85. The lowest BCUT2D eigenvalue weighted by Crippen LogP contribution is -2.35. The van der Waals surface area contributed by atoms with Crippen LogP contribution in [0.2, 0.25) is 0 Å². The van der Waals surface area contributed by atoms with Crippen molar-refractivity contribution in [1.29, 1.82) is 0 Å². The summed E-state index contributed by atoms with van der Waals surface area (Å²) in [5.41, 5.74) is 6.94. The maximum Gasteiger partial charge on any atom is 0.0677 e. The number of nitrogens with two attached hydrogens (primary N) is 1. The molecule has 0 radical (unpaired) electrons. The van der Waals surface area contributed by atoms with Gasteiger partial charge in [-0.25, -0.2) is 0 Å². The largest absolute Gasteiger partial charge is 0.330 e. The topological polar surface area (TPSA) is 55.0 Å². The van der Waals surface area contributed by atoms with Crippen molar-refractivity contribution in [2.45, 2.75) is 18.8 Å². The molecule has 1 aromatic rings. The van der Waals surface area contributed by atoms with Crippen LogP contribution >= 0.6 is 0 Å². The Bertz CT molecular complexity index is 306. The monoisotopic (exact) mass is 220 g/mol. The summed E-state index contributed by atoms with van der Waals surface area (Å²) < 4.78 is 0. The van der Waals surface area contributed by atoms with Crippen LogP contribution in [-0.4, -0.2) is 41.8 Å². The molecule has 1 aliphatic rings. The molecule has 0 bridgehead atoms. The molecule has 1 aliphatic heterocycles. The first kappa shape index (κ1) is 11.5. The molecule has 1 atom stereocenters. The minimum absolute atomic E-state index is 0.377. The van der Waals surface area contributed by atoms with Gasteiger partial charge >= 0.3 is 0 Å². The number of hydrogen-bond acceptors (Lipinski definition) is 4. The standard InChI is InChI=1S/C12H20N4/c1-16-7-4-10(5-8-16)11(9-13)12-3-2-6-14-15-12/h2-3,6,10-11H,4-5,7-9,13H2,1H3. The first-order chi connectivity index (χ1) is 7.81. The smallest absolute Gasteiger partial charge is 0.0677 e. The van der Waals surface area contributed by atoms with Crippen molar-refractivity contribution < 1.29 is 0 Å². The Morgan fingerprint density at radius 3 is 2.81 bits per heavy atom. The minimum Gasteiger partial charge on any atom is -0.330 e. The van der Waals surface area contributed by atoms with Crippen molar-refractivity contribution in [3.63, 3.8) is 0 Å². The van der Waals surface area contributed by atoms with Crippen molar-refractivity contribution in [1.82, 2.24) is 15.1 Å². The predicted octanol–water partition coefficient (Wildman–Crippen LogP) is 0.861. The van der Waals surface area contributed by atoms with Gasteiger partial charge in [-0.1, -0.05) is 0 Å². The van der Waals surface area contributed by atoms with E-state index in [1.165, 1.54) is 25.9 Å². The molecule has 1 unspecified atom stereocenters. The Morgan fingerprint density at radius 1 is 1.50 bits per heavy atom. The van der Waals surface area contributed by atoms with Crippen LogP contribution in [0.1, 0.15) is 24.5 Å². The lowest BCUT2D eigenvalue weighted by molar-refractivity contribution is 0.197. The molecule has 2 N–H and O–H groups in total. The average Bonchev–Trinajstić information content (AvgIpc) is 2.34. The fraction of sp³-hybridized carbons (Fsp3) is 0.667. The zero-order chi connectivity index (χ0) is 11.4. The third-order valence-electron chi connectivity index (χ3n) is 3.56. The zero-order valence-electron chi connectivity index (χ0n) is 9.84. The molecule has 1 saturated heterocycles. The van der Waals surface area contributed by atoms with Crippen LogP contribution in [0.4, 0.5) is 0 Å². The van der Waals surface area contributed by atoms with Gasteiger partial charge in [0.1, 0.15) is 0 Å². The molecule has 4 heteroatoms. The van der Waals surface area contributed by atoms with Crippen molar-refractivity contribution in [2.75, 3.05) is 26.7 Å². The molecule has 0 aromatic carbocycles. The number of aromatic nitrogens is 2. The molecule has 2 rings (SSSR count). The highest BCUT2D eigenvalue weighted by molar-refractivity contribution is 5.09. The number of nitrogens with zero attached hydrogens (tertiary/aromatic N) is 3. The van der Waals surface area contributed by atoms with Crippen LogP contribution in [0, 0.1) is 5.92 Å². The lowest BCUT2D eigenvalue weighted by Gasteiger charge is -2.33. The van der Waals surface area contributed by atoms with Crippen molar-refractivity contribution in [3.05, 3.63) is 24.0 Å². The average molecular weight is 220 g/mol. The molecule has 0 aliphatic carbocycles. The third kappa shape index (κ3) is 2.57. The minimum atomic E-state index is 0.377. The summed E-state index contributed by atoms with van der Waals surface area (Å²) in [6.45, 7) is 3.01. The maximum atomic E-state index is 5.89. The van der Waals surface area contributed by atoms with Gasteiger partial charge in [0.25, 0.3) is 0 Å². The van der Waals surface area contributed by atoms with Crippen LogP contribution < -0.4 is 5.73 Å². The predicted molar refractivity (Wildman–Crippen MR) is 64.0 cm³/mol. The Morgan fingerprint density at radius 2 is 2.25 bits per heavy atom. The molecular formula is C12H20N4. The van der Waals surface area contributed by atoms with Crippen LogP contribution in [-0.2, 0) is 0 Å². The SMILES string of the molecule is CN1CCC(C(CN)c2cccnn2)CC1. The summed E-state index contributed by atoms with van der Waals surface area (Å²) >= 11 is 0. The van der Waals surface area contributed by atoms with E-state index in [0.717, 1.165) is 5.69 Å². The van der Waals surface area contributed by atoms with Gasteiger partial charge in [0, 0.05) is 18.7 Å². The highest BCUT2D eigenvalue weighted by Crippen LogP contribution is 2.30. The van der Waals surface area contributed by atoms with Crippen LogP contribution in [0.5, 0.6) is 0 Å². The second-order valence-corrected chi connectivity index (χ2v) is 4.63. The molecule has 1 fully saturated rings. The highest BCUT2D eigenvalue weighted by Gasteiger charge is 2.26. The van der Waals surface area contributed by atoms with E-state index >= 15 is 0 Å². The maximum absolute atomic E-state index is 5.89. The molecular weight excluding hydrogens is 200 g/mol. The first-order valence-corrected chi connectivity index (χ1v) is 5.97. The van der Waals surface area contributed by atoms with E-state index < -0.39 is 0 Å². The lowest BCUT2D eigenvalue weighted by atomic mass is 9.82. The normalized spacial score (nSPS) is 20.9. The summed E-state index contributed by atoms with van der Waals surface area (Å²) in [7, 11) is 2.18. The summed E-state index contributed by atoms with van der Waals surface area (Å²) in [4.78, 5) is 2.38. The van der Waals surface area contributed by atoms with E-state index in [0.29, 0.717) is 18.4 Å². The van der Waals surface area contributed by atoms with Crippen LogP contribution in [0.25, 0.3) is 0 Å². The fourth-order valence-corrected chi connectivity index (χ4v) is 2.50. The molecule has 1 aromatic heterocycles. The Hall–Kier alpha value is -1.00. The molecule has 88 valence electrons. The number of rotatable bonds is 3. The molecule has 0 spiro atoms. The van der Waals surface area contributed by atoms with Crippen LogP contribution in [0.3, 0.4) is 0 Å². The van der Waals surface area contributed by atoms with Gasteiger partial charge in [0.15, 0.2) is 0 Å². The Balaban J connectivity index is 2.05. The molecule has 0 amide bonds. The quantitative estimate of drug-likeness (QED) is 0.821. The van der Waals surface area contributed by atoms with Crippen molar-refractivity contribution >= 4 is 0 Å². The van der Waals surface area contributed by atoms with E-state index in [1.807, 2.05) is 12.1 Å². The summed E-state index contributed by atoms with van der Waals surface area (Å²) in [6.07, 6.45) is 4.15. The molecule has 4 nitrogen and oxygen atoms in total. The molecule has 2 heterocycles. The van der Waals surface area contributed by atoms with E-state index in [9.17, 15) is 0 Å². The Labute approximate surface area is 96.9 Å². The highest BCUT2D eigenvalue weighted by atomic mass is 15.1. The van der Waals surface area contributed by atoms with Crippen LogP contribution in [0.15, 0.2) is 18.3 Å². The zero-order valence-corrected chi connectivity index (χ0v) is 9.84. The number of likely N-dealkylation sites (tertiary alicyclic amines) is 1.